The topological polar surface area (TPSA) is 12.9 Å². The van der Waals surface area contributed by atoms with E-state index in [2.05, 4.69) is 4.98 Å². The summed E-state index contributed by atoms with van der Waals surface area (Å²) in [7, 11) is 0. The van der Waals surface area contributed by atoms with Crippen LogP contribution in [0.1, 0.15) is 11.1 Å². The number of benzene rings is 2. The van der Waals surface area contributed by atoms with Gasteiger partial charge >= 0.3 is 12.4 Å². The Bertz CT molecular complexity index is 817. The molecule has 1 nitrogen and oxygen atoms in total. The van der Waals surface area contributed by atoms with Gasteiger partial charge in [0.1, 0.15) is 0 Å². The molecule has 0 saturated carbocycles. The van der Waals surface area contributed by atoms with E-state index >= 15 is 0 Å². The van der Waals surface area contributed by atoms with Gasteiger partial charge in [-0.15, -0.1) is 0 Å². The van der Waals surface area contributed by atoms with Crippen molar-refractivity contribution < 1.29 is 26.3 Å². The second kappa shape index (κ2) is 6.48. The van der Waals surface area contributed by atoms with Gasteiger partial charge in [0.05, 0.1) is 11.1 Å². The molecule has 134 valence electrons. The number of alkyl halides is 6. The fourth-order valence-corrected chi connectivity index (χ4v) is 2.55. The van der Waals surface area contributed by atoms with E-state index in [1.165, 1.54) is 36.7 Å². The smallest absolute Gasteiger partial charge is 0.264 e. The minimum atomic E-state index is -4.44. The SMILES string of the molecule is FC(F)(F)c1ccc(-c2ccncc2-c2ccc(C(F)(F)F)cc2)cc1. The van der Waals surface area contributed by atoms with Crippen LogP contribution in [0.25, 0.3) is 22.3 Å². The molecule has 2 aromatic carbocycles. The zero-order valence-electron chi connectivity index (χ0n) is 13.1. The number of hydrogen-bond donors (Lipinski definition) is 0. The van der Waals surface area contributed by atoms with Crippen molar-refractivity contribution in [3.8, 4) is 22.3 Å². The molecule has 0 aliphatic heterocycles. The van der Waals surface area contributed by atoms with Crippen molar-refractivity contribution in [2.24, 2.45) is 0 Å². The molecule has 0 unspecified atom stereocenters. The first kappa shape index (κ1) is 18.0. The van der Waals surface area contributed by atoms with Crippen LogP contribution in [0.3, 0.4) is 0 Å². The largest absolute Gasteiger partial charge is 0.416 e. The third-order valence-electron chi connectivity index (χ3n) is 3.87. The normalized spacial score (nSPS) is 12.2. The number of nitrogens with zero attached hydrogens (tertiary/aromatic N) is 1. The summed E-state index contributed by atoms with van der Waals surface area (Å²) in [4.78, 5) is 3.97. The molecule has 0 bridgehead atoms. The lowest BCUT2D eigenvalue weighted by molar-refractivity contribution is -0.138. The first-order valence-electron chi connectivity index (χ1n) is 7.45. The van der Waals surface area contributed by atoms with Gasteiger partial charge in [-0.3, -0.25) is 4.98 Å². The van der Waals surface area contributed by atoms with Crippen LogP contribution in [0.2, 0.25) is 0 Å². The van der Waals surface area contributed by atoms with Crippen LogP contribution in [-0.2, 0) is 12.4 Å². The Labute approximate surface area is 144 Å². The molecular weight excluding hydrogens is 356 g/mol. The van der Waals surface area contributed by atoms with E-state index in [0.29, 0.717) is 22.3 Å². The summed E-state index contributed by atoms with van der Waals surface area (Å²) in [6, 6.07) is 10.7. The predicted molar refractivity (Wildman–Crippen MR) is 85.1 cm³/mol. The second-order valence-electron chi connectivity index (χ2n) is 5.57. The van der Waals surface area contributed by atoms with Gasteiger partial charge in [0.2, 0.25) is 0 Å². The Morgan fingerprint density at radius 1 is 0.538 bits per heavy atom. The van der Waals surface area contributed by atoms with Gasteiger partial charge in [-0.25, -0.2) is 0 Å². The molecule has 0 saturated heterocycles. The molecule has 0 aliphatic rings. The lowest BCUT2D eigenvalue weighted by Gasteiger charge is -2.12. The maximum absolute atomic E-state index is 12.7. The van der Waals surface area contributed by atoms with E-state index in [1.807, 2.05) is 0 Å². The Kier molecular flexibility index (Phi) is 4.48. The number of aromatic nitrogens is 1. The summed E-state index contributed by atoms with van der Waals surface area (Å²) in [6.45, 7) is 0. The summed E-state index contributed by atoms with van der Waals surface area (Å²) < 4.78 is 76.2. The number of hydrogen-bond acceptors (Lipinski definition) is 1. The van der Waals surface area contributed by atoms with Crippen LogP contribution in [0.4, 0.5) is 26.3 Å². The number of halogens is 6. The summed E-state index contributed by atoms with van der Waals surface area (Å²) in [5.74, 6) is 0. The van der Waals surface area contributed by atoms with Crippen LogP contribution in [0.5, 0.6) is 0 Å². The van der Waals surface area contributed by atoms with Gasteiger partial charge in [-0.05, 0) is 47.0 Å². The summed E-state index contributed by atoms with van der Waals surface area (Å²) in [5.41, 5.74) is 0.554. The first-order chi connectivity index (χ1) is 12.2. The summed E-state index contributed by atoms with van der Waals surface area (Å²) in [6.07, 6.45) is -5.94. The van der Waals surface area contributed by atoms with E-state index in [1.54, 1.807) is 6.07 Å². The highest BCUT2D eigenvalue weighted by Gasteiger charge is 2.31. The van der Waals surface area contributed by atoms with Crippen molar-refractivity contribution in [2.75, 3.05) is 0 Å². The van der Waals surface area contributed by atoms with Crippen LogP contribution < -0.4 is 0 Å². The molecular formula is C19H11F6N. The number of rotatable bonds is 2. The van der Waals surface area contributed by atoms with E-state index < -0.39 is 23.5 Å². The average Bonchev–Trinajstić information content (AvgIpc) is 2.60. The molecule has 0 atom stereocenters. The molecule has 26 heavy (non-hydrogen) atoms. The predicted octanol–water partition coefficient (Wildman–Crippen LogP) is 6.45. The molecule has 7 heteroatoms. The lowest BCUT2D eigenvalue weighted by Crippen LogP contribution is -2.04. The van der Waals surface area contributed by atoms with Crippen molar-refractivity contribution in [3.05, 3.63) is 78.1 Å². The van der Waals surface area contributed by atoms with Gasteiger partial charge in [0.25, 0.3) is 0 Å². The van der Waals surface area contributed by atoms with E-state index in [9.17, 15) is 26.3 Å². The van der Waals surface area contributed by atoms with Crippen LogP contribution in [0, 0.1) is 0 Å². The monoisotopic (exact) mass is 367 g/mol. The maximum atomic E-state index is 12.7. The third kappa shape index (κ3) is 3.71. The van der Waals surface area contributed by atoms with Crippen molar-refractivity contribution in [2.45, 2.75) is 12.4 Å². The second-order valence-corrected chi connectivity index (χ2v) is 5.57. The quantitative estimate of drug-likeness (QED) is 0.474. The Balaban J connectivity index is 2.01. The molecule has 0 N–H and O–H groups in total. The van der Waals surface area contributed by atoms with E-state index in [4.69, 9.17) is 0 Å². The fraction of sp³-hybridized carbons (Fsp3) is 0.105. The Hall–Kier alpha value is -2.83. The molecule has 0 spiro atoms. The lowest BCUT2D eigenvalue weighted by atomic mass is 9.95. The maximum Gasteiger partial charge on any atom is 0.416 e. The zero-order chi connectivity index (χ0) is 18.9. The molecule has 0 fully saturated rings. The molecule has 1 aromatic heterocycles. The van der Waals surface area contributed by atoms with Crippen molar-refractivity contribution in [1.29, 1.82) is 0 Å². The van der Waals surface area contributed by atoms with Gasteiger partial charge in [-0.2, -0.15) is 26.3 Å². The van der Waals surface area contributed by atoms with Gasteiger partial charge in [0, 0.05) is 18.0 Å². The summed E-state index contributed by atoms with van der Waals surface area (Å²) >= 11 is 0. The molecule has 0 radical (unpaired) electrons. The summed E-state index contributed by atoms with van der Waals surface area (Å²) in [5, 5.41) is 0. The fourth-order valence-electron chi connectivity index (χ4n) is 2.55. The minimum absolute atomic E-state index is 0.487. The number of pyridine rings is 1. The molecule has 0 aliphatic carbocycles. The van der Waals surface area contributed by atoms with Gasteiger partial charge < -0.3 is 0 Å². The molecule has 3 aromatic rings. The average molecular weight is 367 g/mol. The Morgan fingerprint density at radius 2 is 0.962 bits per heavy atom. The molecule has 3 rings (SSSR count). The van der Waals surface area contributed by atoms with Crippen molar-refractivity contribution in [3.63, 3.8) is 0 Å². The standard InChI is InChI=1S/C19H11F6N/c20-18(21,22)14-5-1-12(2-6-14)16-9-10-26-11-17(16)13-3-7-15(8-4-13)19(23,24)25/h1-11H. The highest BCUT2D eigenvalue weighted by molar-refractivity contribution is 5.82. The molecule has 0 amide bonds. The van der Waals surface area contributed by atoms with Gasteiger partial charge in [0.15, 0.2) is 0 Å². The van der Waals surface area contributed by atoms with Gasteiger partial charge in [-0.1, -0.05) is 24.3 Å². The van der Waals surface area contributed by atoms with Crippen LogP contribution in [0.15, 0.2) is 67.0 Å². The van der Waals surface area contributed by atoms with Crippen LogP contribution in [-0.4, -0.2) is 4.98 Å². The molecule has 1 heterocycles. The van der Waals surface area contributed by atoms with Crippen molar-refractivity contribution in [1.82, 2.24) is 4.98 Å². The van der Waals surface area contributed by atoms with Crippen molar-refractivity contribution >= 4 is 0 Å². The third-order valence-corrected chi connectivity index (χ3v) is 3.87. The Morgan fingerprint density at radius 3 is 1.38 bits per heavy atom. The highest BCUT2D eigenvalue weighted by atomic mass is 19.4. The van der Waals surface area contributed by atoms with E-state index in [-0.39, 0.29) is 0 Å². The minimum Gasteiger partial charge on any atom is -0.264 e. The first-order valence-corrected chi connectivity index (χ1v) is 7.45. The van der Waals surface area contributed by atoms with Crippen LogP contribution >= 0.6 is 0 Å². The van der Waals surface area contributed by atoms with E-state index in [0.717, 1.165) is 24.3 Å². The highest BCUT2D eigenvalue weighted by Crippen LogP contribution is 2.36. The zero-order valence-corrected chi connectivity index (χ0v) is 13.1.